The molecule has 3 aromatic rings. The Bertz CT molecular complexity index is 1360. The lowest BCUT2D eigenvalue weighted by molar-refractivity contribution is 0.545. The standard InChI is InChI=1S/C25H29N5O3S/c1-15(2)34(31,32)21-12-10-19(11-13-21)22-14-27-17(4)23(28-22)25-30-29-24(33-25)20-8-6-18(7-9-20)16(3)26-5/h6,8,10-16,26H,7,9H2,1-5H3. The van der Waals surface area contributed by atoms with Gasteiger partial charge in [0.15, 0.2) is 9.84 Å². The normalized spacial score (nSPS) is 15.2. The second-order valence-electron chi connectivity index (χ2n) is 8.66. The van der Waals surface area contributed by atoms with E-state index in [0.29, 0.717) is 34.9 Å². The summed E-state index contributed by atoms with van der Waals surface area (Å²) in [7, 11) is -1.38. The number of hydrogen-bond acceptors (Lipinski definition) is 8. The number of aryl methyl sites for hydroxylation is 1. The van der Waals surface area contributed by atoms with Crippen molar-refractivity contribution in [3.8, 4) is 22.8 Å². The van der Waals surface area contributed by atoms with E-state index < -0.39 is 15.1 Å². The van der Waals surface area contributed by atoms with E-state index in [4.69, 9.17) is 9.40 Å². The number of benzene rings is 1. The maximum atomic E-state index is 12.4. The smallest absolute Gasteiger partial charge is 0.268 e. The van der Waals surface area contributed by atoms with Crippen molar-refractivity contribution in [1.82, 2.24) is 25.5 Å². The molecule has 1 N–H and O–H groups in total. The molecule has 0 amide bonds. The second-order valence-corrected chi connectivity index (χ2v) is 11.2. The lowest BCUT2D eigenvalue weighted by atomic mass is 9.94. The molecule has 1 aliphatic carbocycles. The average Bonchev–Trinajstić information content (AvgIpc) is 3.34. The minimum atomic E-state index is -3.33. The summed E-state index contributed by atoms with van der Waals surface area (Å²) in [6.45, 7) is 7.31. The molecule has 2 heterocycles. The van der Waals surface area contributed by atoms with Crippen molar-refractivity contribution in [2.75, 3.05) is 7.05 Å². The quantitative estimate of drug-likeness (QED) is 0.531. The van der Waals surface area contributed by atoms with Gasteiger partial charge in [0.05, 0.1) is 27.7 Å². The first-order chi connectivity index (χ1) is 16.2. The minimum Gasteiger partial charge on any atom is -0.415 e. The predicted molar refractivity (Wildman–Crippen MR) is 132 cm³/mol. The Balaban J connectivity index is 1.61. The number of nitrogens with one attached hydrogen (secondary N) is 1. The minimum absolute atomic E-state index is 0.287. The third-order valence-electron chi connectivity index (χ3n) is 6.13. The molecule has 0 saturated heterocycles. The van der Waals surface area contributed by atoms with Gasteiger partial charge in [-0.05, 0) is 59.7 Å². The van der Waals surface area contributed by atoms with Gasteiger partial charge in [-0.25, -0.2) is 13.4 Å². The topological polar surface area (TPSA) is 111 Å². The van der Waals surface area contributed by atoms with Crippen LogP contribution in [0.1, 0.15) is 45.2 Å². The Hall–Kier alpha value is -3.17. The van der Waals surface area contributed by atoms with Crippen LogP contribution in [0.5, 0.6) is 0 Å². The summed E-state index contributed by atoms with van der Waals surface area (Å²) in [6, 6.07) is 7.00. The van der Waals surface area contributed by atoms with E-state index in [1.807, 2.05) is 20.0 Å². The molecule has 0 saturated carbocycles. The van der Waals surface area contributed by atoms with Gasteiger partial charge < -0.3 is 9.73 Å². The molecular weight excluding hydrogens is 450 g/mol. The van der Waals surface area contributed by atoms with E-state index in [9.17, 15) is 8.42 Å². The molecule has 1 atom stereocenters. The fraction of sp³-hybridized carbons (Fsp3) is 0.360. The van der Waals surface area contributed by atoms with Crippen molar-refractivity contribution in [3.05, 3.63) is 59.8 Å². The van der Waals surface area contributed by atoms with Gasteiger partial charge in [-0.3, -0.25) is 4.98 Å². The molecule has 8 nitrogen and oxygen atoms in total. The van der Waals surface area contributed by atoms with Gasteiger partial charge in [-0.15, -0.1) is 10.2 Å². The molecule has 178 valence electrons. The summed E-state index contributed by atoms with van der Waals surface area (Å²) >= 11 is 0. The fourth-order valence-electron chi connectivity index (χ4n) is 3.70. The zero-order valence-corrected chi connectivity index (χ0v) is 20.8. The Kier molecular flexibility index (Phi) is 6.77. The zero-order chi connectivity index (χ0) is 24.5. The summed E-state index contributed by atoms with van der Waals surface area (Å²) in [6.07, 6.45) is 7.56. The molecule has 0 radical (unpaired) electrons. The van der Waals surface area contributed by atoms with Gasteiger partial charge in [-0.1, -0.05) is 29.9 Å². The molecule has 1 aliphatic rings. The SMILES string of the molecule is CNC(C)C1=CC=C(c2nnc(-c3nc(-c4ccc(S(=O)(=O)C(C)C)cc4)cnc3C)o2)CC1. The number of aromatic nitrogens is 4. The van der Waals surface area contributed by atoms with E-state index >= 15 is 0 Å². The molecule has 0 fully saturated rings. The molecule has 9 heteroatoms. The van der Waals surface area contributed by atoms with Crippen LogP contribution < -0.4 is 5.32 Å². The highest BCUT2D eigenvalue weighted by Gasteiger charge is 2.21. The summed E-state index contributed by atoms with van der Waals surface area (Å²) in [5, 5.41) is 11.2. The number of hydrogen-bond donors (Lipinski definition) is 1. The van der Waals surface area contributed by atoms with Crippen molar-refractivity contribution in [2.24, 2.45) is 0 Å². The van der Waals surface area contributed by atoms with E-state index in [1.54, 1.807) is 44.3 Å². The van der Waals surface area contributed by atoms with E-state index in [0.717, 1.165) is 24.0 Å². The Morgan fingerprint density at radius 2 is 1.71 bits per heavy atom. The lowest BCUT2D eigenvalue weighted by Crippen LogP contribution is -2.24. The van der Waals surface area contributed by atoms with Crippen LogP contribution in [0, 0.1) is 6.92 Å². The van der Waals surface area contributed by atoms with Gasteiger partial charge in [0, 0.05) is 17.2 Å². The summed E-state index contributed by atoms with van der Waals surface area (Å²) < 4.78 is 30.8. The lowest BCUT2D eigenvalue weighted by Gasteiger charge is -2.18. The van der Waals surface area contributed by atoms with Crippen molar-refractivity contribution in [3.63, 3.8) is 0 Å². The van der Waals surface area contributed by atoms with Crippen LogP contribution in [0.2, 0.25) is 0 Å². The highest BCUT2D eigenvalue weighted by Crippen LogP contribution is 2.30. The molecule has 1 unspecified atom stereocenters. The van der Waals surface area contributed by atoms with Crippen LogP contribution in [0.3, 0.4) is 0 Å². The first-order valence-electron chi connectivity index (χ1n) is 11.3. The Morgan fingerprint density at radius 3 is 2.32 bits per heavy atom. The van der Waals surface area contributed by atoms with E-state index in [2.05, 4.69) is 33.5 Å². The maximum absolute atomic E-state index is 12.4. The van der Waals surface area contributed by atoms with Crippen LogP contribution in [0.4, 0.5) is 0 Å². The number of likely N-dealkylation sites (N-methyl/N-ethyl adjacent to an activating group) is 1. The molecule has 4 rings (SSSR count). The average molecular weight is 480 g/mol. The monoisotopic (exact) mass is 479 g/mol. The Labute approximate surface area is 200 Å². The highest BCUT2D eigenvalue weighted by atomic mass is 32.2. The Morgan fingerprint density at radius 1 is 1.00 bits per heavy atom. The molecular formula is C25H29N5O3S. The van der Waals surface area contributed by atoms with E-state index in [-0.39, 0.29) is 4.90 Å². The largest absolute Gasteiger partial charge is 0.415 e. The van der Waals surface area contributed by atoms with Crippen LogP contribution >= 0.6 is 0 Å². The fourth-order valence-corrected chi connectivity index (χ4v) is 4.76. The third kappa shape index (κ3) is 4.71. The van der Waals surface area contributed by atoms with Crippen LogP contribution in [-0.4, -0.2) is 46.9 Å². The number of allylic oxidation sites excluding steroid dienone is 3. The number of sulfone groups is 1. The summed E-state index contributed by atoms with van der Waals surface area (Å²) in [5.74, 6) is 0.789. The summed E-state index contributed by atoms with van der Waals surface area (Å²) in [4.78, 5) is 9.44. The first kappa shape index (κ1) is 24.0. The van der Waals surface area contributed by atoms with Crippen molar-refractivity contribution < 1.29 is 12.8 Å². The van der Waals surface area contributed by atoms with Gasteiger partial charge in [0.1, 0.15) is 5.69 Å². The molecule has 0 spiro atoms. The highest BCUT2D eigenvalue weighted by molar-refractivity contribution is 7.92. The predicted octanol–water partition coefficient (Wildman–Crippen LogP) is 4.40. The van der Waals surface area contributed by atoms with Crippen LogP contribution in [0.15, 0.2) is 57.5 Å². The van der Waals surface area contributed by atoms with Gasteiger partial charge in [-0.2, -0.15) is 0 Å². The van der Waals surface area contributed by atoms with Gasteiger partial charge >= 0.3 is 0 Å². The van der Waals surface area contributed by atoms with Crippen molar-refractivity contribution in [1.29, 1.82) is 0 Å². The zero-order valence-electron chi connectivity index (χ0n) is 20.0. The van der Waals surface area contributed by atoms with Crippen LogP contribution in [-0.2, 0) is 9.84 Å². The van der Waals surface area contributed by atoms with E-state index in [1.165, 1.54) is 5.57 Å². The molecule has 1 aromatic carbocycles. The first-order valence-corrected chi connectivity index (χ1v) is 12.8. The molecule has 34 heavy (non-hydrogen) atoms. The van der Waals surface area contributed by atoms with Crippen LogP contribution in [0.25, 0.3) is 28.4 Å². The number of rotatable bonds is 7. The van der Waals surface area contributed by atoms with Gasteiger partial charge in [0.25, 0.3) is 5.89 Å². The molecule has 0 bridgehead atoms. The number of nitrogens with zero attached hydrogens (tertiary/aromatic N) is 4. The van der Waals surface area contributed by atoms with Gasteiger partial charge in [0.2, 0.25) is 5.89 Å². The second kappa shape index (κ2) is 9.60. The molecule has 2 aromatic heterocycles. The molecule has 0 aliphatic heterocycles. The van der Waals surface area contributed by atoms with Crippen molar-refractivity contribution >= 4 is 15.4 Å². The maximum Gasteiger partial charge on any atom is 0.268 e. The third-order valence-corrected chi connectivity index (χ3v) is 8.30. The summed E-state index contributed by atoms with van der Waals surface area (Å²) in [5.41, 5.74) is 4.86. The van der Waals surface area contributed by atoms with Crippen molar-refractivity contribution in [2.45, 2.75) is 56.7 Å².